The molecule has 0 unspecified atom stereocenters. The maximum Gasteiger partial charge on any atom is 0.252 e. The number of nitrogens with one attached hydrogen (secondary N) is 1. The van der Waals surface area contributed by atoms with Gasteiger partial charge in [0.1, 0.15) is 0 Å². The number of hydrogen-bond acceptors (Lipinski definition) is 3. The van der Waals surface area contributed by atoms with Crippen molar-refractivity contribution < 1.29 is 4.79 Å². The molecule has 0 fully saturated rings. The number of benzene rings is 2. The highest BCUT2D eigenvalue weighted by atomic mass is 16.1. The summed E-state index contributed by atoms with van der Waals surface area (Å²) < 4.78 is 1.76. The second-order valence-corrected chi connectivity index (χ2v) is 7.47. The van der Waals surface area contributed by atoms with Gasteiger partial charge in [-0.3, -0.25) is 9.48 Å². The van der Waals surface area contributed by atoms with Crippen LogP contribution in [-0.4, -0.2) is 20.7 Å². The number of rotatable bonds is 4. The van der Waals surface area contributed by atoms with Crippen LogP contribution in [0.4, 0.5) is 0 Å². The number of pyridine rings is 1. The van der Waals surface area contributed by atoms with Gasteiger partial charge in [0, 0.05) is 36.3 Å². The van der Waals surface area contributed by atoms with Gasteiger partial charge >= 0.3 is 0 Å². The second kappa shape index (κ2) is 7.51. The first-order valence-corrected chi connectivity index (χ1v) is 9.67. The molecule has 0 atom stereocenters. The smallest absolute Gasteiger partial charge is 0.252 e. The molecular weight excluding hydrogens is 360 g/mol. The molecule has 1 amide bonds. The Morgan fingerprint density at radius 1 is 1.03 bits per heavy atom. The number of aryl methyl sites for hydroxylation is 4. The predicted molar refractivity (Wildman–Crippen MR) is 116 cm³/mol. The first-order chi connectivity index (χ1) is 13.9. The minimum absolute atomic E-state index is 0.114. The lowest BCUT2D eigenvalue weighted by Crippen LogP contribution is -2.23. The Hall–Kier alpha value is -3.47. The van der Waals surface area contributed by atoms with Crippen LogP contribution in [-0.2, 0) is 13.6 Å². The van der Waals surface area contributed by atoms with E-state index < -0.39 is 0 Å². The fourth-order valence-corrected chi connectivity index (χ4v) is 3.50. The molecule has 0 saturated heterocycles. The second-order valence-electron chi connectivity index (χ2n) is 7.47. The zero-order chi connectivity index (χ0) is 20.5. The van der Waals surface area contributed by atoms with Crippen molar-refractivity contribution in [1.29, 1.82) is 0 Å². The third kappa shape index (κ3) is 3.76. The van der Waals surface area contributed by atoms with Crippen molar-refractivity contribution in [3.05, 3.63) is 82.7 Å². The van der Waals surface area contributed by atoms with Gasteiger partial charge < -0.3 is 5.32 Å². The Balaban J connectivity index is 1.73. The van der Waals surface area contributed by atoms with Crippen LogP contribution in [0.15, 0.2) is 54.7 Å². The minimum Gasteiger partial charge on any atom is -0.348 e. The Morgan fingerprint density at radius 2 is 1.83 bits per heavy atom. The molecule has 5 heteroatoms. The summed E-state index contributed by atoms with van der Waals surface area (Å²) in [7, 11) is 1.88. The van der Waals surface area contributed by atoms with E-state index in [1.54, 1.807) is 4.68 Å². The first-order valence-electron chi connectivity index (χ1n) is 9.67. The molecule has 0 bridgehead atoms. The summed E-state index contributed by atoms with van der Waals surface area (Å²) in [5.41, 5.74) is 7.62. The SMILES string of the molecule is Cc1ccc(-c2cc(C(=O)NCc3cn(C)nc3C)c3ccccc3n2)cc1C. The van der Waals surface area contributed by atoms with Crippen molar-refractivity contribution in [3.63, 3.8) is 0 Å². The molecule has 0 aliphatic rings. The molecule has 29 heavy (non-hydrogen) atoms. The van der Waals surface area contributed by atoms with Crippen molar-refractivity contribution in [1.82, 2.24) is 20.1 Å². The quantitative estimate of drug-likeness (QED) is 0.564. The molecule has 2 heterocycles. The van der Waals surface area contributed by atoms with E-state index in [0.29, 0.717) is 12.1 Å². The van der Waals surface area contributed by atoms with Crippen molar-refractivity contribution in [2.24, 2.45) is 7.05 Å². The normalized spacial score (nSPS) is 11.0. The summed E-state index contributed by atoms with van der Waals surface area (Å²) in [6.07, 6.45) is 1.93. The number of aromatic nitrogens is 3. The molecule has 0 aliphatic heterocycles. The molecule has 0 saturated carbocycles. The first kappa shape index (κ1) is 18.9. The average Bonchev–Trinajstić information content (AvgIpc) is 3.04. The van der Waals surface area contributed by atoms with Crippen LogP contribution in [0, 0.1) is 20.8 Å². The van der Waals surface area contributed by atoms with Crippen molar-refractivity contribution in [2.45, 2.75) is 27.3 Å². The molecule has 0 aliphatic carbocycles. The Morgan fingerprint density at radius 3 is 2.55 bits per heavy atom. The number of hydrogen-bond donors (Lipinski definition) is 1. The predicted octanol–water partition coefficient (Wildman–Crippen LogP) is 4.49. The van der Waals surface area contributed by atoms with Crippen molar-refractivity contribution in [2.75, 3.05) is 0 Å². The molecular formula is C24H24N4O. The summed E-state index contributed by atoms with van der Waals surface area (Å²) in [5.74, 6) is -0.114. The Bertz CT molecular complexity index is 1220. The maximum absolute atomic E-state index is 13.1. The van der Waals surface area contributed by atoms with Gasteiger partial charge in [-0.1, -0.05) is 30.3 Å². The van der Waals surface area contributed by atoms with E-state index in [1.807, 2.05) is 50.5 Å². The van der Waals surface area contributed by atoms with E-state index in [0.717, 1.165) is 33.4 Å². The van der Waals surface area contributed by atoms with Gasteiger partial charge in [0.05, 0.1) is 22.5 Å². The molecule has 2 aromatic carbocycles. The van der Waals surface area contributed by atoms with Gasteiger partial charge in [0.25, 0.3) is 5.91 Å². The maximum atomic E-state index is 13.1. The third-order valence-electron chi connectivity index (χ3n) is 5.32. The Labute approximate surface area is 170 Å². The van der Waals surface area contributed by atoms with Crippen LogP contribution in [0.1, 0.15) is 32.7 Å². The van der Waals surface area contributed by atoms with Gasteiger partial charge in [0.2, 0.25) is 0 Å². The van der Waals surface area contributed by atoms with Gasteiger partial charge in [-0.15, -0.1) is 0 Å². The number of para-hydroxylation sites is 1. The van der Waals surface area contributed by atoms with Gasteiger partial charge in [-0.05, 0) is 50.1 Å². The molecule has 146 valence electrons. The average molecular weight is 384 g/mol. The van der Waals surface area contributed by atoms with Gasteiger partial charge in [-0.25, -0.2) is 4.98 Å². The van der Waals surface area contributed by atoms with Crippen LogP contribution < -0.4 is 5.32 Å². The lowest BCUT2D eigenvalue weighted by Gasteiger charge is -2.11. The largest absolute Gasteiger partial charge is 0.348 e. The number of carbonyl (C=O) groups is 1. The molecule has 4 aromatic rings. The molecule has 1 N–H and O–H groups in total. The summed E-state index contributed by atoms with van der Waals surface area (Å²) in [5, 5.41) is 8.22. The minimum atomic E-state index is -0.114. The van der Waals surface area contributed by atoms with Gasteiger partial charge in [0.15, 0.2) is 0 Å². The van der Waals surface area contributed by atoms with E-state index in [-0.39, 0.29) is 5.91 Å². The monoisotopic (exact) mass is 384 g/mol. The molecule has 4 rings (SSSR count). The molecule has 2 aromatic heterocycles. The number of carbonyl (C=O) groups excluding carboxylic acids is 1. The van der Waals surface area contributed by atoms with E-state index in [9.17, 15) is 4.79 Å². The highest BCUT2D eigenvalue weighted by molar-refractivity contribution is 6.07. The van der Waals surface area contributed by atoms with Crippen LogP contribution in [0.2, 0.25) is 0 Å². The van der Waals surface area contributed by atoms with Gasteiger partial charge in [-0.2, -0.15) is 5.10 Å². The zero-order valence-corrected chi connectivity index (χ0v) is 17.2. The molecule has 0 radical (unpaired) electrons. The zero-order valence-electron chi connectivity index (χ0n) is 17.2. The van der Waals surface area contributed by atoms with Crippen LogP contribution in [0.25, 0.3) is 22.2 Å². The lowest BCUT2D eigenvalue weighted by molar-refractivity contribution is 0.0952. The van der Waals surface area contributed by atoms with Crippen LogP contribution >= 0.6 is 0 Å². The van der Waals surface area contributed by atoms with Crippen LogP contribution in [0.5, 0.6) is 0 Å². The molecule has 5 nitrogen and oxygen atoms in total. The topological polar surface area (TPSA) is 59.8 Å². The highest BCUT2D eigenvalue weighted by Crippen LogP contribution is 2.26. The number of amides is 1. The fourth-order valence-electron chi connectivity index (χ4n) is 3.50. The fraction of sp³-hybridized carbons (Fsp3) is 0.208. The standard InChI is InChI=1S/C24H24N4O/c1-15-9-10-18(11-16(15)2)23-12-21(20-7-5-6-8-22(20)26-23)24(29)25-13-19-14-28(4)27-17(19)3/h5-12,14H,13H2,1-4H3,(H,25,29). The summed E-state index contributed by atoms with van der Waals surface area (Å²) in [6, 6.07) is 15.9. The summed E-state index contributed by atoms with van der Waals surface area (Å²) in [4.78, 5) is 17.9. The summed E-state index contributed by atoms with van der Waals surface area (Å²) in [6.45, 7) is 6.56. The Kier molecular flexibility index (Phi) is 4.89. The lowest BCUT2D eigenvalue weighted by atomic mass is 10.0. The van der Waals surface area contributed by atoms with Crippen molar-refractivity contribution >= 4 is 16.8 Å². The number of nitrogens with zero attached hydrogens (tertiary/aromatic N) is 3. The van der Waals surface area contributed by atoms with E-state index in [1.165, 1.54) is 11.1 Å². The highest BCUT2D eigenvalue weighted by Gasteiger charge is 2.15. The van der Waals surface area contributed by atoms with Crippen molar-refractivity contribution in [3.8, 4) is 11.3 Å². The molecule has 0 spiro atoms. The summed E-state index contributed by atoms with van der Waals surface area (Å²) >= 11 is 0. The number of fused-ring (bicyclic) bond motifs is 1. The van der Waals surface area contributed by atoms with Crippen LogP contribution in [0.3, 0.4) is 0 Å². The van der Waals surface area contributed by atoms with E-state index in [2.05, 4.69) is 42.5 Å². The third-order valence-corrected chi connectivity index (χ3v) is 5.32. The van der Waals surface area contributed by atoms with E-state index >= 15 is 0 Å². The van der Waals surface area contributed by atoms with E-state index in [4.69, 9.17) is 4.98 Å².